The molecule has 6 heteroatoms. The second-order valence-electron chi connectivity index (χ2n) is 4.59. The number of hydrogen-bond donors (Lipinski definition) is 1. The molecular formula is C13H20BrNO3S. The minimum absolute atomic E-state index is 0.101. The van der Waals surface area contributed by atoms with Crippen LogP contribution in [0.3, 0.4) is 0 Å². The summed E-state index contributed by atoms with van der Waals surface area (Å²) >= 11 is 3.29. The Kier molecular flexibility index (Phi) is 5.82. The van der Waals surface area contributed by atoms with Gasteiger partial charge in [-0.2, -0.15) is 0 Å². The lowest BCUT2D eigenvalue weighted by Crippen LogP contribution is -2.36. The number of ether oxygens (including phenoxy) is 1. The maximum atomic E-state index is 12.2. The molecule has 4 nitrogen and oxygen atoms in total. The van der Waals surface area contributed by atoms with E-state index < -0.39 is 10.0 Å². The highest BCUT2D eigenvalue weighted by Gasteiger charge is 2.21. The summed E-state index contributed by atoms with van der Waals surface area (Å²) in [6.07, 6.45) is 0.927. The van der Waals surface area contributed by atoms with E-state index in [-0.39, 0.29) is 16.9 Å². The van der Waals surface area contributed by atoms with Gasteiger partial charge in [0.25, 0.3) is 0 Å². The van der Waals surface area contributed by atoms with Crippen LogP contribution < -0.4 is 9.46 Å². The minimum Gasteiger partial charge on any atom is -0.496 e. The maximum absolute atomic E-state index is 12.2. The number of benzene rings is 1. The molecular weight excluding hydrogens is 330 g/mol. The fourth-order valence-electron chi connectivity index (χ4n) is 1.60. The van der Waals surface area contributed by atoms with Crippen LogP contribution in [0.1, 0.15) is 27.2 Å². The summed E-state index contributed by atoms with van der Waals surface area (Å²) in [5.74, 6) is 0.894. The minimum atomic E-state index is -3.50. The zero-order valence-electron chi connectivity index (χ0n) is 11.6. The first-order valence-corrected chi connectivity index (χ1v) is 8.45. The van der Waals surface area contributed by atoms with Crippen molar-refractivity contribution in [3.8, 4) is 5.75 Å². The standard InChI is InChI=1S/C13H20BrNO3S/c1-5-9(2)10(3)15-19(16,17)11-6-7-13(18-4)12(14)8-11/h6-10,15H,5H2,1-4H3. The van der Waals surface area contributed by atoms with Crippen molar-refractivity contribution in [2.24, 2.45) is 5.92 Å². The Morgan fingerprint density at radius 2 is 2.00 bits per heavy atom. The molecule has 0 aliphatic heterocycles. The molecule has 0 spiro atoms. The van der Waals surface area contributed by atoms with Crippen molar-refractivity contribution in [2.45, 2.75) is 38.1 Å². The maximum Gasteiger partial charge on any atom is 0.240 e. The van der Waals surface area contributed by atoms with Gasteiger partial charge in [-0.05, 0) is 47.0 Å². The van der Waals surface area contributed by atoms with Gasteiger partial charge in [-0.1, -0.05) is 20.3 Å². The fourth-order valence-corrected chi connectivity index (χ4v) is 3.67. The zero-order valence-corrected chi connectivity index (χ0v) is 14.0. The van der Waals surface area contributed by atoms with Crippen molar-refractivity contribution in [3.05, 3.63) is 22.7 Å². The smallest absolute Gasteiger partial charge is 0.240 e. The van der Waals surface area contributed by atoms with Crippen LogP contribution in [-0.4, -0.2) is 21.6 Å². The summed E-state index contributed by atoms with van der Waals surface area (Å²) in [5.41, 5.74) is 0. The number of methoxy groups -OCH3 is 1. The molecule has 0 saturated heterocycles. The van der Waals surface area contributed by atoms with Gasteiger partial charge in [-0.25, -0.2) is 13.1 Å². The monoisotopic (exact) mass is 349 g/mol. The summed E-state index contributed by atoms with van der Waals surface area (Å²) in [5, 5.41) is 0. The van der Waals surface area contributed by atoms with Crippen LogP contribution in [0, 0.1) is 5.92 Å². The molecule has 0 heterocycles. The molecule has 0 saturated carbocycles. The summed E-state index contributed by atoms with van der Waals surface area (Å²) in [4.78, 5) is 0.232. The molecule has 1 aromatic rings. The third-order valence-corrected chi connectivity index (χ3v) is 5.45. The predicted molar refractivity (Wildman–Crippen MR) is 79.9 cm³/mol. The van der Waals surface area contributed by atoms with E-state index in [2.05, 4.69) is 20.7 Å². The molecule has 1 rings (SSSR count). The van der Waals surface area contributed by atoms with Crippen LogP contribution in [0.5, 0.6) is 5.75 Å². The first-order valence-electron chi connectivity index (χ1n) is 6.17. The Bertz CT molecular complexity index is 531. The average molecular weight is 350 g/mol. The van der Waals surface area contributed by atoms with Crippen LogP contribution in [0.2, 0.25) is 0 Å². The highest BCUT2D eigenvalue weighted by Crippen LogP contribution is 2.27. The van der Waals surface area contributed by atoms with E-state index in [1.165, 1.54) is 13.2 Å². The third kappa shape index (κ3) is 4.19. The molecule has 2 atom stereocenters. The lowest BCUT2D eigenvalue weighted by molar-refractivity contribution is 0.411. The van der Waals surface area contributed by atoms with Crippen LogP contribution in [0.25, 0.3) is 0 Å². The molecule has 0 aliphatic rings. The Hall–Kier alpha value is -0.590. The van der Waals surface area contributed by atoms with Gasteiger partial charge in [0.1, 0.15) is 5.75 Å². The molecule has 19 heavy (non-hydrogen) atoms. The van der Waals surface area contributed by atoms with Crippen molar-refractivity contribution in [2.75, 3.05) is 7.11 Å². The molecule has 0 fully saturated rings. The van der Waals surface area contributed by atoms with Gasteiger partial charge in [0.15, 0.2) is 0 Å². The lowest BCUT2D eigenvalue weighted by atomic mass is 10.0. The van der Waals surface area contributed by atoms with Gasteiger partial charge in [0.2, 0.25) is 10.0 Å². The van der Waals surface area contributed by atoms with Crippen LogP contribution >= 0.6 is 15.9 Å². The van der Waals surface area contributed by atoms with E-state index in [9.17, 15) is 8.42 Å². The van der Waals surface area contributed by atoms with Crippen LogP contribution in [0.4, 0.5) is 0 Å². The van der Waals surface area contributed by atoms with Gasteiger partial charge < -0.3 is 4.74 Å². The molecule has 0 bridgehead atoms. The molecule has 1 aromatic carbocycles. The quantitative estimate of drug-likeness (QED) is 0.857. The van der Waals surface area contributed by atoms with E-state index in [4.69, 9.17) is 4.74 Å². The second-order valence-corrected chi connectivity index (χ2v) is 7.16. The van der Waals surface area contributed by atoms with Crippen molar-refractivity contribution in [3.63, 3.8) is 0 Å². The second kappa shape index (κ2) is 6.72. The number of nitrogens with one attached hydrogen (secondary N) is 1. The Morgan fingerprint density at radius 1 is 1.37 bits per heavy atom. The molecule has 0 aliphatic carbocycles. The molecule has 0 amide bonds. The van der Waals surface area contributed by atoms with Gasteiger partial charge >= 0.3 is 0 Å². The Balaban J connectivity index is 2.98. The molecule has 0 radical (unpaired) electrons. The Morgan fingerprint density at radius 3 is 2.47 bits per heavy atom. The number of halogens is 1. The molecule has 0 aromatic heterocycles. The zero-order chi connectivity index (χ0) is 14.6. The number of hydrogen-bond acceptors (Lipinski definition) is 3. The highest BCUT2D eigenvalue weighted by atomic mass is 79.9. The van der Waals surface area contributed by atoms with Crippen molar-refractivity contribution in [1.29, 1.82) is 0 Å². The Labute approximate surface area is 123 Å². The van der Waals surface area contributed by atoms with Gasteiger partial charge in [0.05, 0.1) is 16.5 Å². The highest BCUT2D eigenvalue weighted by molar-refractivity contribution is 9.10. The lowest BCUT2D eigenvalue weighted by Gasteiger charge is -2.20. The summed E-state index contributed by atoms with van der Waals surface area (Å²) < 4.78 is 32.9. The van der Waals surface area contributed by atoms with E-state index in [0.29, 0.717) is 10.2 Å². The topological polar surface area (TPSA) is 55.4 Å². The van der Waals surface area contributed by atoms with E-state index in [0.717, 1.165) is 6.42 Å². The van der Waals surface area contributed by atoms with Crippen LogP contribution in [0.15, 0.2) is 27.6 Å². The van der Waals surface area contributed by atoms with Gasteiger partial charge in [-0.15, -0.1) is 0 Å². The normalized spacial score (nSPS) is 15.0. The van der Waals surface area contributed by atoms with Gasteiger partial charge in [-0.3, -0.25) is 0 Å². The van der Waals surface area contributed by atoms with Crippen LogP contribution in [-0.2, 0) is 10.0 Å². The van der Waals surface area contributed by atoms with Crippen molar-refractivity contribution in [1.82, 2.24) is 4.72 Å². The first kappa shape index (κ1) is 16.5. The number of rotatable bonds is 6. The van der Waals surface area contributed by atoms with E-state index in [1.54, 1.807) is 12.1 Å². The van der Waals surface area contributed by atoms with Crippen molar-refractivity contribution < 1.29 is 13.2 Å². The average Bonchev–Trinajstić information content (AvgIpc) is 2.37. The predicted octanol–water partition coefficient (Wildman–Crippen LogP) is 3.17. The number of sulfonamides is 1. The molecule has 2 unspecified atom stereocenters. The largest absolute Gasteiger partial charge is 0.496 e. The third-order valence-electron chi connectivity index (χ3n) is 3.27. The summed E-state index contributed by atoms with van der Waals surface area (Å²) in [7, 11) is -1.96. The summed E-state index contributed by atoms with van der Waals surface area (Å²) in [6.45, 7) is 5.95. The molecule has 1 N–H and O–H groups in total. The first-order chi connectivity index (χ1) is 8.81. The molecule has 108 valence electrons. The van der Waals surface area contributed by atoms with E-state index in [1.807, 2.05) is 20.8 Å². The van der Waals surface area contributed by atoms with Crippen molar-refractivity contribution >= 4 is 26.0 Å². The summed E-state index contributed by atoms with van der Waals surface area (Å²) in [6, 6.07) is 4.61. The fraction of sp³-hybridized carbons (Fsp3) is 0.538. The SMILES string of the molecule is CCC(C)C(C)NS(=O)(=O)c1ccc(OC)c(Br)c1. The van der Waals surface area contributed by atoms with Gasteiger partial charge in [0, 0.05) is 6.04 Å². The van der Waals surface area contributed by atoms with E-state index >= 15 is 0 Å².